The first-order valence-electron chi connectivity index (χ1n) is 5.21. The number of aliphatic hydroxyl groups is 1. The van der Waals surface area contributed by atoms with E-state index in [2.05, 4.69) is 10.2 Å². The third-order valence-electron chi connectivity index (χ3n) is 2.30. The Kier molecular flexibility index (Phi) is 4.43. The molecule has 0 spiro atoms. The summed E-state index contributed by atoms with van der Waals surface area (Å²) >= 11 is 0. The van der Waals surface area contributed by atoms with Gasteiger partial charge >= 0.3 is 5.97 Å². The number of rotatable bonds is 6. The maximum atomic E-state index is 12.2. The molecule has 0 atom stereocenters. The fourth-order valence-corrected chi connectivity index (χ4v) is 3.19. The summed E-state index contributed by atoms with van der Waals surface area (Å²) in [7, 11) is -4.02. The van der Waals surface area contributed by atoms with Crippen LogP contribution in [0.2, 0.25) is 0 Å². The Balaban J connectivity index is 3.27. The maximum Gasteiger partial charge on any atom is 0.340 e. The maximum absolute atomic E-state index is 12.2. The molecule has 3 N–H and O–H groups in total. The van der Waals surface area contributed by atoms with Crippen molar-refractivity contribution >= 4 is 16.0 Å². The molecule has 0 aliphatic heterocycles. The highest BCUT2D eigenvalue weighted by atomic mass is 32.2. The average molecular weight is 277 g/mol. The van der Waals surface area contributed by atoms with E-state index in [1.807, 2.05) is 0 Å². The first-order valence-corrected chi connectivity index (χ1v) is 6.65. The van der Waals surface area contributed by atoms with Gasteiger partial charge in [0.05, 0.1) is 12.8 Å². The number of aromatic amines is 1. The predicted molar refractivity (Wildman–Crippen MR) is 61.7 cm³/mol. The highest BCUT2D eigenvalue weighted by molar-refractivity contribution is 7.89. The van der Waals surface area contributed by atoms with E-state index in [1.165, 1.54) is 0 Å². The van der Waals surface area contributed by atoms with Gasteiger partial charge in [-0.05, 0) is 13.8 Å². The average Bonchev–Trinajstić information content (AvgIpc) is 2.74. The number of hydrogen-bond donors (Lipinski definition) is 3. The summed E-state index contributed by atoms with van der Waals surface area (Å²) in [5, 5.41) is 22.9. The third-order valence-corrected chi connectivity index (χ3v) is 4.35. The van der Waals surface area contributed by atoms with Crippen LogP contribution in [0.3, 0.4) is 0 Å². The van der Waals surface area contributed by atoms with Crippen LogP contribution in [-0.4, -0.2) is 58.3 Å². The lowest BCUT2D eigenvalue weighted by atomic mass is 10.4. The molecule has 0 saturated carbocycles. The zero-order chi connectivity index (χ0) is 13.9. The molecule has 9 heteroatoms. The van der Waals surface area contributed by atoms with Crippen LogP contribution >= 0.6 is 0 Å². The Morgan fingerprint density at radius 2 is 2.17 bits per heavy atom. The predicted octanol–water partition coefficient (Wildman–Crippen LogP) is -0.501. The second-order valence-corrected chi connectivity index (χ2v) is 5.68. The second kappa shape index (κ2) is 5.46. The monoisotopic (exact) mass is 277 g/mol. The summed E-state index contributed by atoms with van der Waals surface area (Å²) in [5.41, 5.74) is -0.418. The van der Waals surface area contributed by atoms with Crippen molar-refractivity contribution in [3.63, 3.8) is 0 Å². The molecule has 0 fully saturated rings. The lowest BCUT2D eigenvalue weighted by Crippen LogP contribution is -2.39. The van der Waals surface area contributed by atoms with Gasteiger partial charge in [-0.3, -0.25) is 5.10 Å². The smallest absolute Gasteiger partial charge is 0.340 e. The van der Waals surface area contributed by atoms with Crippen molar-refractivity contribution in [2.75, 3.05) is 13.2 Å². The van der Waals surface area contributed by atoms with Crippen LogP contribution in [0.15, 0.2) is 11.2 Å². The molecule has 0 amide bonds. The number of nitrogens with zero attached hydrogens (tertiary/aromatic N) is 2. The summed E-state index contributed by atoms with van der Waals surface area (Å²) in [5.74, 6) is -1.38. The van der Waals surface area contributed by atoms with Gasteiger partial charge in [-0.25, -0.2) is 13.2 Å². The second-order valence-electron chi connectivity index (χ2n) is 3.85. The Morgan fingerprint density at radius 3 is 2.61 bits per heavy atom. The molecule has 102 valence electrons. The third kappa shape index (κ3) is 2.68. The fourth-order valence-electron chi connectivity index (χ4n) is 1.50. The number of aromatic nitrogens is 2. The van der Waals surface area contributed by atoms with Crippen molar-refractivity contribution in [3.8, 4) is 0 Å². The number of H-pyrrole nitrogens is 1. The molecule has 0 radical (unpaired) electrons. The number of nitrogens with one attached hydrogen (secondary N) is 1. The number of aliphatic hydroxyl groups excluding tert-OH is 1. The highest BCUT2D eigenvalue weighted by Gasteiger charge is 2.32. The van der Waals surface area contributed by atoms with E-state index < -0.39 is 32.6 Å². The first kappa shape index (κ1) is 14.6. The van der Waals surface area contributed by atoms with Gasteiger partial charge in [0.15, 0.2) is 5.03 Å². The number of carboxylic acids is 1. The summed E-state index contributed by atoms with van der Waals surface area (Å²) in [6, 6.07) is -0.410. The number of hydrogen-bond acceptors (Lipinski definition) is 5. The summed E-state index contributed by atoms with van der Waals surface area (Å²) in [6.07, 6.45) is 0.937. The Bertz CT molecular complexity index is 522. The van der Waals surface area contributed by atoms with Gasteiger partial charge in [-0.2, -0.15) is 9.40 Å². The summed E-state index contributed by atoms with van der Waals surface area (Å²) in [6.45, 7) is 2.79. The molecule has 0 aromatic carbocycles. The van der Waals surface area contributed by atoms with E-state index >= 15 is 0 Å². The van der Waals surface area contributed by atoms with Crippen molar-refractivity contribution in [1.29, 1.82) is 0 Å². The molecule has 1 heterocycles. The van der Waals surface area contributed by atoms with Crippen molar-refractivity contribution in [3.05, 3.63) is 11.8 Å². The first-order chi connectivity index (χ1) is 8.32. The van der Waals surface area contributed by atoms with Crippen molar-refractivity contribution in [1.82, 2.24) is 14.5 Å². The number of sulfonamides is 1. The van der Waals surface area contributed by atoms with E-state index in [0.29, 0.717) is 0 Å². The molecular weight excluding hydrogens is 262 g/mol. The van der Waals surface area contributed by atoms with Gasteiger partial charge in [-0.15, -0.1) is 0 Å². The number of carbonyl (C=O) groups is 1. The van der Waals surface area contributed by atoms with Crippen LogP contribution in [-0.2, 0) is 10.0 Å². The SMILES string of the molecule is CC(C)N(CCO)S(=O)(=O)c1[nH]ncc1C(=O)O. The molecule has 0 aliphatic carbocycles. The molecule has 0 unspecified atom stereocenters. The Hall–Kier alpha value is -1.45. The number of carboxylic acid groups (broad SMARTS) is 1. The molecule has 0 saturated heterocycles. The minimum atomic E-state index is -4.02. The molecule has 1 aromatic heterocycles. The molecule has 1 aromatic rings. The lowest BCUT2D eigenvalue weighted by Gasteiger charge is -2.24. The fraction of sp³-hybridized carbons (Fsp3) is 0.556. The van der Waals surface area contributed by atoms with E-state index in [9.17, 15) is 13.2 Å². The molecule has 1 rings (SSSR count). The lowest BCUT2D eigenvalue weighted by molar-refractivity contribution is 0.0692. The molecule has 0 bridgehead atoms. The minimum Gasteiger partial charge on any atom is -0.478 e. The zero-order valence-electron chi connectivity index (χ0n) is 9.99. The van der Waals surface area contributed by atoms with Crippen LogP contribution in [0.25, 0.3) is 0 Å². The van der Waals surface area contributed by atoms with E-state index in [0.717, 1.165) is 10.5 Å². The van der Waals surface area contributed by atoms with Gasteiger partial charge in [-0.1, -0.05) is 0 Å². The van der Waals surface area contributed by atoms with Gasteiger partial charge < -0.3 is 10.2 Å². The van der Waals surface area contributed by atoms with Crippen molar-refractivity contribution in [2.24, 2.45) is 0 Å². The topological polar surface area (TPSA) is 124 Å². The van der Waals surface area contributed by atoms with Gasteiger partial charge in [0, 0.05) is 12.6 Å². The molecule has 8 nitrogen and oxygen atoms in total. The van der Waals surface area contributed by atoms with Gasteiger partial charge in [0.2, 0.25) is 0 Å². The molecule has 0 aliphatic rings. The van der Waals surface area contributed by atoms with E-state index in [4.69, 9.17) is 10.2 Å². The highest BCUT2D eigenvalue weighted by Crippen LogP contribution is 2.19. The van der Waals surface area contributed by atoms with Crippen molar-refractivity contribution < 1.29 is 23.4 Å². The van der Waals surface area contributed by atoms with Crippen LogP contribution in [0, 0.1) is 0 Å². The van der Waals surface area contributed by atoms with Crippen LogP contribution in [0.5, 0.6) is 0 Å². The normalized spacial score (nSPS) is 12.3. The van der Waals surface area contributed by atoms with Crippen LogP contribution in [0.4, 0.5) is 0 Å². The van der Waals surface area contributed by atoms with E-state index in [-0.39, 0.29) is 13.2 Å². The Morgan fingerprint density at radius 1 is 1.56 bits per heavy atom. The van der Waals surface area contributed by atoms with Crippen molar-refractivity contribution in [2.45, 2.75) is 24.9 Å². The molecule has 18 heavy (non-hydrogen) atoms. The van der Waals surface area contributed by atoms with Gasteiger partial charge in [0.1, 0.15) is 5.56 Å². The van der Waals surface area contributed by atoms with Gasteiger partial charge in [0.25, 0.3) is 10.0 Å². The minimum absolute atomic E-state index is 0.113. The number of aromatic carboxylic acids is 1. The van der Waals surface area contributed by atoms with Crippen LogP contribution in [0.1, 0.15) is 24.2 Å². The van der Waals surface area contributed by atoms with E-state index in [1.54, 1.807) is 13.8 Å². The standard InChI is InChI=1S/C9H15N3O5S/c1-6(2)12(3-4-13)18(16,17)8-7(9(14)15)5-10-11-8/h5-6,13H,3-4H2,1-2H3,(H,10,11)(H,14,15). The largest absolute Gasteiger partial charge is 0.478 e. The quantitative estimate of drug-likeness (QED) is 0.644. The summed E-state index contributed by atoms with van der Waals surface area (Å²) < 4.78 is 25.5. The molecular formula is C9H15N3O5S. The Labute approximate surface area is 104 Å². The van der Waals surface area contributed by atoms with Crippen LogP contribution < -0.4 is 0 Å². The summed E-state index contributed by atoms with van der Waals surface area (Å²) in [4.78, 5) is 10.9. The zero-order valence-corrected chi connectivity index (χ0v) is 10.8.